The molecule has 1 heterocycles. The summed E-state index contributed by atoms with van der Waals surface area (Å²) in [5.41, 5.74) is 0.682. The van der Waals surface area contributed by atoms with Gasteiger partial charge in [-0.2, -0.15) is 0 Å². The lowest BCUT2D eigenvalue weighted by Crippen LogP contribution is -2.34. The van der Waals surface area contributed by atoms with Crippen LogP contribution in [-0.2, 0) is 9.59 Å². The number of carbonyl (C=O) groups excluding carboxylic acids is 2. The van der Waals surface area contributed by atoms with E-state index in [0.29, 0.717) is 17.3 Å². The Hall–Kier alpha value is -0.820. The van der Waals surface area contributed by atoms with Crippen molar-refractivity contribution in [3.05, 3.63) is 26.8 Å². The highest BCUT2D eigenvalue weighted by molar-refractivity contribution is 14.1. The smallest absolute Gasteiger partial charge is 0.252 e. The number of imide groups is 1. The van der Waals surface area contributed by atoms with Crippen LogP contribution in [0.1, 0.15) is 13.3 Å². The molecule has 96 valence electrons. The van der Waals surface area contributed by atoms with Gasteiger partial charge in [0.15, 0.2) is 0 Å². The van der Waals surface area contributed by atoms with E-state index in [0.717, 1.165) is 3.57 Å². The molecule has 2 rings (SSSR count). The first-order valence-electron chi connectivity index (χ1n) is 5.58. The van der Waals surface area contributed by atoms with E-state index < -0.39 is 6.04 Å². The first-order valence-corrected chi connectivity index (χ1v) is 7.04. The van der Waals surface area contributed by atoms with Crippen LogP contribution in [-0.4, -0.2) is 29.3 Å². The average Bonchev–Trinajstić information content (AvgIpc) is 2.58. The molecule has 0 saturated carbocycles. The van der Waals surface area contributed by atoms with Crippen LogP contribution >= 0.6 is 34.2 Å². The van der Waals surface area contributed by atoms with Gasteiger partial charge in [0, 0.05) is 10.1 Å². The van der Waals surface area contributed by atoms with E-state index in [1.54, 1.807) is 6.92 Å². The number of nitrogens with one attached hydrogen (secondary N) is 1. The number of likely N-dealkylation sites (tertiary alicyclic amines) is 1. The summed E-state index contributed by atoms with van der Waals surface area (Å²) in [7, 11) is 0. The number of benzene rings is 1. The van der Waals surface area contributed by atoms with E-state index in [1.807, 2.05) is 18.2 Å². The summed E-state index contributed by atoms with van der Waals surface area (Å²) in [6, 6.07) is 5.02. The van der Waals surface area contributed by atoms with Crippen molar-refractivity contribution in [2.24, 2.45) is 0 Å². The molecule has 18 heavy (non-hydrogen) atoms. The van der Waals surface area contributed by atoms with Crippen LogP contribution in [0.3, 0.4) is 0 Å². The number of nitrogens with zero attached hydrogens (tertiary/aromatic N) is 1. The molecule has 0 bridgehead atoms. The second-order valence-electron chi connectivity index (χ2n) is 4.00. The number of hydrogen-bond donors (Lipinski definition) is 1. The molecule has 1 fully saturated rings. The van der Waals surface area contributed by atoms with Crippen LogP contribution in [0.15, 0.2) is 18.2 Å². The predicted octanol–water partition coefficient (Wildman–Crippen LogP) is 2.50. The van der Waals surface area contributed by atoms with Crippen molar-refractivity contribution in [1.82, 2.24) is 4.90 Å². The standard InChI is InChI=1S/C12H12ClIN2O2/c1-2-16-11(17)6-10(12(16)18)15-9-4-3-7(14)5-8(9)13/h3-5,10,15H,2,6H2,1H3. The molecule has 1 aliphatic rings. The third kappa shape index (κ3) is 2.61. The predicted molar refractivity (Wildman–Crippen MR) is 78.6 cm³/mol. The van der Waals surface area contributed by atoms with Gasteiger partial charge in [-0.1, -0.05) is 11.6 Å². The summed E-state index contributed by atoms with van der Waals surface area (Å²) in [4.78, 5) is 24.8. The van der Waals surface area contributed by atoms with Crippen LogP contribution in [0.5, 0.6) is 0 Å². The molecule has 1 unspecified atom stereocenters. The van der Waals surface area contributed by atoms with Crippen molar-refractivity contribution in [2.45, 2.75) is 19.4 Å². The lowest BCUT2D eigenvalue weighted by Gasteiger charge is -2.15. The average molecular weight is 379 g/mol. The Morgan fingerprint density at radius 2 is 2.22 bits per heavy atom. The van der Waals surface area contributed by atoms with E-state index in [-0.39, 0.29) is 18.2 Å². The van der Waals surface area contributed by atoms with Crippen molar-refractivity contribution >= 4 is 51.7 Å². The van der Waals surface area contributed by atoms with Crippen LogP contribution in [0.4, 0.5) is 5.69 Å². The van der Waals surface area contributed by atoms with Gasteiger partial charge in [-0.15, -0.1) is 0 Å². The van der Waals surface area contributed by atoms with Gasteiger partial charge in [-0.05, 0) is 47.7 Å². The largest absolute Gasteiger partial charge is 0.372 e. The number of anilines is 1. The van der Waals surface area contributed by atoms with Crippen molar-refractivity contribution in [2.75, 3.05) is 11.9 Å². The molecular weight excluding hydrogens is 367 g/mol. The van der Waals surface area contributed by atoms with Gasteiger partial charge in [-0.25, -0.2) is 0 Å². The normalized spacial score (nSPS) is 19.5. The number of amides is 2. The molecule has 1 aromatic carbocycles. The molecule has 1 N–H and O–H groups in total. The monoisotopic (exact) mass is 378 g/mol. The van der Waals surface area contributed by atoms with Crippen molar-refractivity contribution < 1.29 is 9.59 Å². The number of hydrogen-bond acceptors (Lipinski definition) is 3. The minimum atomic E-state index is -0.505. The van der Waals surface area contributed by atoms with E-state index in [4.69, 9.17) is 11.6 Å². The highest BCUT2D eigenvalue weighted by Crippen LogP contribution is 2.26. The Kier molecular flexibility index (Phi) is 4.11. The van der Waals surface area contributed by atoms with E-state index in [1.165, 1.54) is 4.90 Å². The van der Waals surface area contributed by atoms with Gasteiger partial charge in [0.05, 0.1) is 17.1 Å². The fourth-order valence-corrected chi connectivity index (χ4v) is 2.83. The summed E-state index contributed by atoms with van der Waals surface area (Å²) in [6.07, 6.45) is 0.189. The number of carbonyl (C=O) groups is 2. The Morgan fingerprint density at radius 1 is 1.50 bits per heavy atom. The Labute approximate surface area is 124 Å². The summed E-state index contributed by atoms with van der Waals surface area (Å²) in [6.45, 7) is 2.20. The highest BCUT2D eigenvalue weighted by Gasteiger charge is 2.37. The van der Waals surface area contributed by atoms with Crippen LogP contribution in [0.25, 0.3) is 0 Å². The molecular formula is C12H12ClIN2O2. The molecule has 1 aromatic rings. The molecule has 0 spiro atoms. The second kappa shape index (κ2) is 5.44. The van der Waals surface area contributed by atoms with Crippen molar-refractivity contribution in [3.8, 4) is 0 Å². The van der Waals surface area contributed by atoms with Crippen molar-refractivity contribution in [1.29, 1.82) is 0 Å². The third-order valence-electron chi connectivity index (χ3n) is 2.82. The highest BCUT2D eigenvalue weighted by atomic mass is 127. The first kappa shape index (κ1) is 13.6. The summed E-state index contributed by atoms with van der Waals surface area (Å²) >= 11 is 8.25. The molecule has 6 heteroatoms. The zero-order chi connectivity index (χ0) is 13.3. The number of likely N-dealkylation sites (N-methyl/N-ethyl adjacent to an activating group) is 1. The third-order valence-corrected chi connectivity index (χ3v) is 3.80. The minimum absolute atomic E-state index is 0.137. The Bertz CT molecular complexity index is 507. The maximum atomic E-state index is 11.9. The first-order chi connectivity index (χ1) is 8.52. The van der Waals surface area contributed by atoms with Gasteiger partial charge in [0.25, 0.3) is 5.91 Å². The number of rotatable bonds is 3. The lowest BCUT2D eigenvalue weighted by molar-refractivity contribution is -0.138. The fourth-order valence-electron chi connectivity index (χ4n) is 1.92. The molecule has 0 aromatic heterocycles. The molecule has 2 amide bonds. The zero-order valence-electron chi connectivity index (χ0n) is 9.74. The Balaban J connectivity index is 2.15. The Morgan fingerprint density at radius 3 is 2.78 bits per heavy atom. The van der Waals surface area contributed by atoms with Gasteiger partial charge in [-0.3, -0.25) is 14.5 Å². The lowest BCUT2D eigenvalue weighted by atomic mass is 10.2. The molecule has 0 radical (unpaired) electrons. The molecule has 0 aliphatic carbocycles. The summed E-state index contributed by atoms with van der Waals surface area (Å²) in [5.74, 6) is -0.321. The van der Waals surface area contributed by atoms with Crippen LogP contribution < -0.4 is 5.32 Å². The van der Waals surface area contributed by atoms with E-state index >= 15 is 0 Å². The molecule has 1 aliphatic heterocycles. The minimum Gasteiger partial charge on any atom is -0.372 e. The van der Waals surface area contributed by atoms with Gasteiger partial charge >= 0.3 is 0 Å². The molecule has 1 atom stereocenters. The summed E-state index contributed by atoms with van der Waals surface area (Å²) in [5, 5.41) is 3.59. The summed E-state index contributed by atoms with van der Waals surface area (Å²) < 4.78 is 1.02. The van der Waals surface area contributed by atoms with Gasteiger partial charge in [0.1, 0.15) is 6.04 Å². The maximum absolute atomic E-state index is 11.9. The van der Waals surface area contributed by atoms with E-state index in [9.17, 15) is 9.59 Å². The fraction of sp³-hybridized carbons (Fsp3) is 0.333. The zero-order valence-corrected chi connectivity index (χ0v) is 12.7. The molecule has 4 nitrogen and oxygen atoms in total. The van der Waals surface area contributed by atoms with Crippen LogP contribution in [0.2, 0.25) is 5.02 Å². The SMILES string of the molecule is CCN1C(=O)CC(Nc2ccc(I)cc2Cl)C1=O. The van der Waals surface area contributed by atoms with Crippen LogP contribution in [0, 0.1) is 3.57 Å². The van der Waals surface area contributed by atoms with Gasteiger partial charge in [0.2, 0.25) is 5.91 Å². The second-order valence-corrected chi connectivity index (χ2v) is 5.65. The van der Waals surface area contributed by atoms with Gasteiger partial charge < -0.3 is 5.32 Å². The molecule has 1 saturated heterocycles. The quantitative estimate of drug-likeness (QED) is 0.649. The van der Waals surface area contributed by atoms with Crippen molar-refractivity contribution in [3.63, 3.8) is 0 Å². The van der Waals surface area contributed by atoms with E-state index in [2.05, 4.69) is 27.9 Å². The maximum Gasteiger partial charge on any atom is 0.252 e. The number of halogens is 2. The topological polar surface area (TPSA) is 49.4 Å².